The molecular formula is C15H18O8. The maximum Gasteiger partial charge on any atom is 0.333 e. The van der Waals surface area contributed by atoms with E-state index in [9.17, 15) is 25.2 Å². The molecule has 5 N–H and O–H groups in total. The van der Waals surface area contributed by atoms with Gasteiger partial charge in [0.1, 0.15) is 30.2 Å². The minimum absolute atomic E-state index is 0.0237. The number of esters is 1. The molecular weight excluding hydrogens is 308 g/mol. The van der Waals surface area contributed by atoms with Crippen molar-refractivity contribution in [2.24, 2.45) is 0 Å². The Morgan fingerprint density at radius 1 is 1.17 bits per heavy atom. The third-order valence-corrected chi connectivity index (χ3v) is 3.42. The van der Waals surface area contributed by atoms with Gasteiger partial charge in [-0.05, 0) is 12.1 Å². The molecule has 0 saturated carbocycles. The molecule has 5 atom stereocenters. The van der Waals surface area contributed by atoms with Crippen molar-refractivity contribution in [2.75, 3.05) is 6.61 Å². The second-order valence-electron chi connectivity index (χ2n) is 5.03. The number of aliphatic hydroxyl groups excluding tert-OH is 4. The van der Waals surface area contributed by atoms with Crippen molar-refractivity contribution in [2.45, 2.75) is 30.7 Å². The van der Waals surface area contributed by atoms with Crippen LogP contribution < -0.4 is 0 Å². The molecule has 0 bridgehead atoms. The highest BCUT2D eigenvalue weighted by atomic mass is 16.7. The molecule has 1 heterocycles. The predicted octanol–water partition coefficient (Wildman–Crippen LogP) is -1.25. The number of hydrogen-bond donors (Lipinski definition) is 5. The molecule has 0 radical (unpaired) electrons. The number of para-hydroxylation sites is 1. The third-order valence-electron chi connectivity index (χ3n) is 3.42. The number of benzene rings is 1. The van der Waals surface area contributed by atoms with Crippen LogP contribution in [0.4, 0.5) is 0 Å². The van der Waals surface area contributed by atoms with Crippen LogP contribution in [-0.2, 0) is 14.3 Å². The minimum atomic E-state index is -1.66. The quantitative estimate of drug-likeness (QED) is 0.342. The zero-order valence-corrected chi connectivity index (χ0v) is 12.0. The summed E-state index contributed by atoms with van der Waals surface area (Å²) in [5, 5.41) is 47.5. The van der Waals surface area contributed by atoms with Gasteiger partial charge in [0.15, 0.2) is 0 Å². The number of phenols is 1. The largest absolute Gasteiger partial charge is 0.507 e. The lowest BCUT2D eigenvalue weighted by Gasteiger charge is -2.38. The van der Waals surface area contributed by atoms with Gasteiger partial charge in [0.05, 0.1) is 6.61 Å². The summed E-state index contributed by atoms with van der Waals surface area (Å²) in [7, 11) is 0. The molecule has 1 aromatic carbocycles. The Morgan fingerprint density at radius 3 is 2.52 bits per heavy atom. The van der Waals surface area contributed by atoms with Crippen molar-refractivity contribution in [3.05, 3.63) is 35.9 Å². The molecule has 8 nitrogen and oxygen atoms in total. The first kappa shape index (κ1) is 17.4. The van der Waals surface area contributed by atoms with Gasteiger partial charge in [-0.2, -0.15) is 0 Å². The van der Waals surface area contributed by atoms with Gasteiger partial charge in [0.2, 0.25) is 6.29 Å². The molecule has 0 aliphatic carbocycles. The number of phenolic OH excluding ortho intramolecular Hbond substituents is 1. The molecule has 1 aliphatic rings. The fourth-order valence-corrected chi connectivity index (χ4v) is 2.10. The van der Waals surface area contributed by atoms with Crippen LogP contribution in [-0.4, -0.2) is 68.8 Å². The van der Waals surface area contributed by atoms with E-state index in [1.165, 1.54) is 12.1 Å². The Hall–Kier alpha value is -1.97. The minimum Gasteiger partial charge on any atom is -0.507 e. The van der Waals surface area contributed by atoms with E-state index in [-0.39, 0.29) is 5.75 Å². The molecule has 1 fully saturated rings. The molecule has 126 valence electrons. The average molecular weight is 326 g/mol. The molecule has 1 aromatic rings. The highest BCUT2D eigenvalue weighted by Gasteiger charge is 2.45. The number of carbonyl (C=O) groups excluding carboxylic acids is 1. The highest BCUT2D eigenvalue weighted by Crippen LogP contribution is 2.22. The number of ether oxygens (including phenoxy) is 2. The summed E-state index contributed by atoms with van der Waals surface area (Å²) >= 11 is 0. The maximum absolute atomic E-state index is 11.7. The summed E-state index contributed by atoms with van der Waals surface area (Å²) in [5.41, 5.74) is 0.387. The van der Waals surface area contributed by atoms with Gasteiger partial charge in [-0.15, -0.1) is 0 Å². The van der Waals surface area contributed by atoms with E-state index in [1.54, 1.807) is 18.2 Å². The number of hydrogen-bond acceptors (Lipinski definition) is 8. The van der Waals surface area contributed by atoms with Crippen molar-refractivity contribution in [1.82, 2.24) is 0 Å². The van der Waals surface area contributed by atoms with Crippen LogP contribution in [0.25, 0.3) is 6.08 Å². The third kappa shape index (κ3) is 4.06. The van der Waals surface area contributed by atoms with Crippen LogP contribution in [0.2, 0.25) is 0 Å². The smallest absolute Gasteiger partial charge is 0.333 e. The Labute approximate surface area is 131 Å². The zero-order valence-electron chi connectivity index (χ0n) is 12.0. The van der Waals surface area contributed by atoms with Gasteiger partial charge in [-0.25, -0.2) is 4.79 Å². The maximum atomic E-state index is 11.7. The molecule has 0 unspecified atom stereocenters. The summed E-state index contributed by atoms with van der Waals surface area (Å²) in [4.78, 5) is 11.7. The van der Waals surface area contributed by atoms with E-state index in [2.05, 4.69) is 0 Å². The molecule has 1 aliphatic heterocycles. The SMILES string of the molecule is O=C(C=Cc1ccccc1O)O[C@@H]1O[C@H](CO)[C@@H](O)[C@H](O)[C@H]1O. The van der Waals surface area contributed by atoms with E-state index >= 15 is 0 Å². The molecule has 23 heavy (non-hydrogen) atoms. The number of aromatic hydroxyl groups is 1. The van der Waals surface area contributed by atoms with Crippen LogP contribution >= 0.6 is 0 Å². The summed E-state index contributed by atoms with van der Waals surface area (Å²) in [6.45, 7) is -0.618. The predicted molar refractivity (Wildman–Crippen MR) is 77.0 cm³/mol. The van der Waals surface area contributed by atoms with Crippen molar-refractivity contribution >= 4 is 12.0 Å². The Kier molecular flexibility index (Phi) is 5.69. The van der Waals surface area contributed by atoms with Gasteiger partial charge in [0, 0.05) is 11.6 Å². The van der Waals surface area contributed by atoms with E-state index in [0.29, 0.717) is 5.56 Å². The van der Waals surface area contributed by atoms with Crippen LogP contribution in [0.5, 0.6) is 5.75 Å². The first-order valence-electron chi connectivity index (χ1n) is 6.91. The van der Waals surface area contributed by atoms with E-state index < -0.39 is 43.3 Å². The number of rotatable bonds is 4. The molecule has 0 aromatic heterocycles. The monoisotopic (exact) mass is 326 g/mol. The molecule has 1 saturated heterocycles. The van der Waals surface area contributed by atoms with Crippen LogP contribution in [0.1, 0.15) is 5.56 Å². The second kappa shape index (κ2) is 7.53. The van der Waals surface area contributed by atoms with E-state index in [0.717, 1.165) is 6.08 Å². The molecule has 2 rings (SSSR count). The van der Waals surface area contributed by atoms with Gasteiger partial charge in [0.25, 0.3) is 0 Å². The Balaban J connectivity index is 2.00. The first-order valence-corrected chi connectivity index (χ1v) is 6.91. The zero-order chi connectivity index (χ0) is 17.0. The standard InChI is InChI=1S/C15H18O8/c16-7-10-12(19)13(20)14(21)15(22-10)23-11(18)6-5-8-3-1-2-4-9(8)17/h1-6,10,12-17,19-21H,7H2/t10-,12-,13+,14-,15+/m1/s1. The summed E-state index contributed by atoms with van der Waals surface area (Å²) in [6.07, 6.45) is -5.18. The lowest BCUT2D eigenvalue weighted by Crippen LogP contribution is -2.59. The number of carbonyl (C=O) groups is 1. The number of aliphatic hydroxyl groups is 4. The summed E-state index contributed by atoms with van der Waals surface area (Å²) in [5.74, 6) is -0.915. The van der Waals surface area contributed by atoms with Crippen molar-refractivity contribution in [3.63, 3.8) is 0 Å². The van der Waals surface area contributed by atoms with Gasteiger partial charge in [-0.1, -0.05) is 18.2 Å². The van der Waals surface area contributed by atoms with Crippen molar-refractivity contribution < 1.29 is 39.8 Å². The van der Waals surface area contributed by atoms with Crippen LogP contribution in [0, 0.1) is 0 Å². The van der Waals surface area contributed by atoms with E-state index in [4.69, 9.17) is 14.6 Å². The lowest BCUT2D eigenvalue weighted by molar-refractivity contribution is -0.291. The lowest BCUT2D eigenvalue weighted by atomic mass is 9.99. The topological polar surface area (TPSA) is 137 Å². The Morgan fingerprint density at radius 2 is 1.87 bits per heavy atom. The fraction of sp³-hybridized carbons (Fsp3) is 0.400. The van der Waals surface area contributed by atoms with Crippen molar-refractivity contribution in [3.8, 4) is 5.75 Å². The molecule has 0 spiro atoms. The summed E-state index contributed by atoms with van der Waals surface area (Å²) in [6, 6.07) is 6.32. The second-order valence-corrected chi connectivity index (χ2v) is 5.03. The normalized spacial score (nSPS) is 31.2. The van der Waals surface area contributed by atoms with Gasteiger partial charge >= 0.3 is 5.97 Å². The van der Waals surface area contributed by atoms with Gasteiger partial charge in [-0.3, -0.25) is 0 Å². The first-order chi connectivity index (χ1) is 10.9. The van der Waals surface area contributed by atoms with Crippen LogP contribution in [0.3, 0.4) is 0 Å². The van der Waals surface area contributed by atoms with E-state index in [1.807, 2.05) is 0 Å². The van der Waals surface area contributed by atoms with Gasteiger partial charge < -0.3 is 35.0 Å². The fourth-order valence-electron chi connectivity index (χ4n) is 2.10. The molecule has 0 amide bonds. The highest BCUT2D eigenvalue weighted by molar-refractivity contribution is 5.87. The Bertz CT molecular complexity index is 570. The summed E-state index contributed by atoms with van der Waals surface area (Å²) < 4.78 is 9.89. The van der Waals surface area contributed by atoms with Crippen LogP contribution in [0.15, 0.2) is 30.3 Å². The van der Waals surface area contributed by atoms with Crippen molar-refractivity contribution in [1.29, 1.82) is 0 Å². The average Bonchev–Trinajstić information content (AvgIpc) is 2.54. The molecule has 8 heteroatoms.